The first-order chi connectivity index (χ1) is 7.76. The van der Waals surface area contributed by atoms with E-state index in [1.54, 1.807) is 0 Å². The van der Waals surface area contributed by atoms with Crippen LogP contribution in [0.1, 0.15) is 18.9 Å². The van der Waals surface area contributed by atoms with Gasteiger partial charge in [-0.05, 0) is 43.3 Å². The molecule has 1 atom stereocenters. The van der Waals surface area contributed by atoms with Crippen LogP contribution >= 0.6 is 23.4 Å². The predicted molar refractivity (Wildman–Crippen MR) is 75.6 cm³/mol. The van der Waals surface area contributed by atoms with Crippen molar-refractivity contribution in [2.75, 3.05) is 18.6 Å². The lowest BCUT2D eigenvalue weighted by atomic mass is 10.1. The second-order valence-electron chi connectivity index (χ2n) is 3.89. The van der Waals surface area contributed by atoms with Gasteiger partial charge in [0.2, 0.25) is 0 Å². The lowest BCUT2D eigenvalue weighted by molar-refractivity contribution is 0.617. The zero-order valence-electron chi connectivity index (χ0n) is 10.0. The fraction of sp³-hybridized carbons (Fsp3) is 0.538. The molecule has 0 radical (unpaired) electrons. The van der Waals surface area contributed by atoms with E-state index in [9.17, 15) is 0 Å². The van der Waals surface area contributed by atoms with E-state index in [4.69, 9.17) is 11.6 Å². The lowest BCUT2D eigenvalue weighted by Gasteiger charge is -2.15. The highest BCUT2D eigenvalue weighted by Crippen LogP contribution is 2.13. The average Bonchev–Trinajstić information content (AvgIpc) is 2.31. The van der Waals surface area contributed by atoms with Gasteiger partial charge in [-0.3, -0.25) is 0 Å². The van der Waals surface area contributed by atoms with Crippen molar-refractivity contribution in [1.82, 2.24) is 5.32 Å². The number of benzene rings is 1. The molecule has 0 amide bonds. The summed E-state index contributed by atoms with van der Waals surface area (Å²) in [4.78, 5) is 0. The van der Waals surface area contributed by atoms with E-state index in [2.05, 4.69) is 24.4 Å². The van der Waals surface area contributed by atoms with Crippen LogP contribution in [0.4, 0.5) is 0 Å². The van der Waals surface area contributed by atoms with Crippen LogP contribution in [0.15, 0.2) is 24.3 Å². The molecule has 0 heterocycles. The normalized spacial score (nSPS) is 12.7. The molecule has 0 fully saturated rings. The molecule has 0 aliphatic rings. The second kappa shape index (κ2) is 7.99. The molecule has 1 N–H and O–H groups in total. The minimum atomic E-state index is 0.553. The Morgan fingerprint density at radius 1 is 1.31 bits per heavy atom. The van der Waals surface area contributed by atoms with E-state index < -0.39 is 0 Å². The summed E-state index contributed by atoms with van der Waals surface area (Å²) < 4.78 is 0. The molecular formula is C13H20ClNS. The molecule has 1 rings (SSSR count). The SMILES string of the molecule is CCCSCC(Cc1ccc(Cl)cc1)NC. The van der Waals surface area contributed by atoms with Gasteiger partial charge in [-0.25, -0.2) is 0 Å². The zero-order valence-corrected chi connectivity index (χ0v) is 11.6. The van der Waals surface area contributed by atoms with Crippen LogP contribution in [0.3, 0.4) is 0 Å². The van der Waals surface area contributed by atoms with Gasteiger partial charge in [0.1, 0.15) is 0 Å². The van der Waals surface area contributed by atoms with Crippen LogP contribution in [0.2, 0.25) is 5.02 Å². The van der Waals surface area contributed by atoms with Gasteiger partial charge in [-0.2, -0.15) is 11.8 Å². The molecule has 1 unspecified atom stereocenters. The molecule has 0 saturated heterocycles. The Morgan fingerprint density at radius 3 is 2.56 bits per heavy atom. The van der Waals surface area contributed by atoms with E-state index >= 15 is 0 Å². The van der Waals surface area contributed by atoms with Crippen LogP contribution in [-0.2, 0) is 6.42 Å². The van der Waals surface area contributed by atoms with Crippen molar-refractivity contribution in [3.63, 3.8) is 0 Å². The molecule has 0 aliphatic carbocycles. The Balaban J connectivity index is 2.40. The molecule has 0 bridgehead atoms. The summed E-state index contributed by atoms with van der Waals surface area (Å²) in [5, 5.41) is 4.18. The maximum Gasteiger partial charge on any atom is 0.0406 e. The molecule has 3 heteroatoms. The highest BCUT2D eigenvalue weighted by atomic mass is 35.5. The number of likely N-dealkylation sites (N-methyl/N-ethyl adjacent to an activating group) is 1. The lowest BCUT2D eigenvalue weighted by Crippen LogP contribution is -2.30. The molecule has 16 heavy (non-hydrogen) atoms. The van der Waals surface area contributed by atoms with Crippen molar-refractivity contribution >= 4 is 23.4 Å². The quantitative estimate of drug-likeness (QED) is 0.749. The third-order valence-corrected chi connectivity index (χ3v) is 4.06. The maximum absolute atomic E-state index is 5.86. The van der Waals surface area contributed by atoms with Crippen LogP contribution in [0.5, 0.6) is 0 Å². The van der Waals surface area contributed by atoms with Gasteiger partial charge >= 0.3 is 0 Å². The molecule has 1 aromatic rings. The fourth-order valence-corrected chi connectivity index (χ4v) is 2.67. The summed E-state index contributed by atoms with van der Waals surface area (Å²) in [6.45, 7) is 2.22. The summed E-state index contributed by atoms with van der Waals surface area (Å²) in [5.41, 5.74) is 1.35. The molecule has 1 aromatic carbocycles. The Labute approximate surface area is 108 Å². The highest BCUT2D eigenvalue weighted by Gasteiger charge is 2.06. The van der Waals surface area contributed by atoms with Gasteiger partial charge in [0.15, 0.2) is 0 Å². The van der Waals surface area contributed by atoms with Crippen LogP contribution in [0, 0.1) is 0 Å². The minimum Gasteiger partial charge on any atom is -0.316 e. The predicted octanol–water partition coefficient (Wildman–Crippen LogP) is 3.61. The van der Waals surface area contributed by atoms with Gasteiger partial charge in [0, 0.05) is 16.8 Å². The molecule has 0 spiro atoms. The Kier molecular flexibility index (Phi) is 6.93. The zero-order chi connectivity index (χ0) is 11.8. The first kappa shape index (κ1) is 13.9. The number of rotatable bonds is 7. The highest BCUT2D eigenvalue weighted by molar-refractivity contribution is 7.99. The van der Waals surface area contributed by atoms with Crippen LogP contribution in [0.25, 0.3) is 0 Å². The number of halogens is 1. The molecule has 0 aromatic heterocycles. The number of thioether (sulfide) groups is 1. The number of hydrogen-bond donors (Lipinski definition) is 1. The Bertz CT molecular complexity index is 286. The smallest absolute Gasteiger partial charge is 0.0406 e. The van der Waals surface area contributed by atoms with Crippen molar-refractivity contribution in [2.24, 2.45) is 0 Å². The topological polar surface area (TPSA) is 12.0 Å². The third kappa shape index (κ3) is 5.24. The van der Waals surface area contributed by atoms with Gasteiger partial charge in [0.25, 0.3) is 0 Å². The molecule has 90 valence electrons. The summed E-state index contributed by atoms with van der Waals surface area (Å²) >= 11 is 7.88. The van der Waals surface area contributed by atoms with Crippen molar-refractivity contribution in [2.45, 2.75) is 25.8 Å². The average molecular weight is 258 g/mol. The van der Waals surface area contributed by atoms with Crippen molar-refractivity contribution in [3.8, 4) is 0 Å². The van der Waals surface area contributed by atoms with Crippen molar-refractivity contribution < 1.29 is 0 Å². The molecule has 0 aliphatic heterocycles. The van der Waals surface area contributed by atoms with E-state index in [0.717, 1.165) is 11.4 Å². The summed E-state index contributed by atoms with van der Waals surface area (Å²) in [5.74, 6) is 2.42. The third-order valence-electron chi connectivity index (χ3n) is 2.47. The summed E-state index contributed by atoms with van der Waals surface area (Å²) in [7, 11) is 2.03. The maximum atomic E-state index is 5.86. The number of hydrogen-bond acceptors (Lipinski definition) is 2. The minimum absolute atomic E-state index is 0.553. The van der Waals surface area contributed by atoms with Gasteiger partial charge < -0.3 is 5.32 Å². The first-order valence-electron chi connectivity index (χ1n) is 5.75. The van der Waals surface area contributed by atoms with Crippen LogP contribution < -0.4 is 5.32 Å². The Hall–Kier alpha value is -0.180. The standard InChI is InChI=1S/C13H20ClNS/c1-3-8-16-10-13(15-2)9-11-4-6-12(14)7-5-11/h4-7,13,15H,3,8-10H2,1-2H3. The Morgan fingerprint density at radius 2 is 2.00 bits per heavy atom. The first-order valence-corrected chi connectivity index (χ1v) is 7.29. The van der Waals surface area contributed by atoms with E-state index in [0.29, 0.717) is 6.04 Å². The van der Waals surface area contributed by atoms with Crippen LogP contribution in [-0.4, -0.2) is 24.6 Å². The summed E-state index contributed by atoms with van der Waals surface area (Å²) in [6, 6.07) is 8.69. The number of nitrogens with one attached hydrogen (secondary N) is 1. The largest absolute Gasteiger partial charge is 0.316 e. The van der Waals surface area contributed by atoms with E-state index in [1.165, 1.54) is 23.5 Å². The molecule has 1 nitrogen and oxygen atoms in total. The molecule has 0 saturated carbocycles. The fourth-order valence-electron chi connectivity index (χ4n) is 1.52. The molecular weight excluding hydrogens is 238 g/mol. The van der Waals surface area contributed by atoms with Crippen molar-refractivity contribution in [1.29, 1.82) is 0 Å². The second-order valence-corrected chi connectivity index (χ2v) is 5.48. The van der Waals surface area contributed by atoms with E-state index in [-0.39, 0.29) is 0 Å². The monoisotopic (exact) mass is 257 g/mol. The van der Waals surface area contributed by atoms with E-state index in [1.807, 2.05) is 30.9 Å². The summed E-state index contributed by atoms with van der Waals surface area (Å²) in [6.07, 6.45) is 2.33. The van der Waals surface area contributed by atoms with Gasteiger partial charge in [0.05, 0.1) is 0 Å². The van der Waals surface area contributed by atoms with Gasteiger partial charge in [-0.1, -0.05) is 30.7 Å². The van der Waals surface area contributed by atoms with Crippen molar-refractivity contribution in [3.05, 3.63) is 34.9 Å². The van der Waals surface area contributed by atoms with Gasteiger partial charge in [-0.15, -0.1) is 0 Å².